The van der Waals surface area contributed by atoms with E-state index in [2.05, 4.69) is 13.8 Å². The van der Waals surface area contributed by atoms with Crippen LogP contribution in [-0.4, -0.2) is 23.9 Å². The summed E-state index contributed by atoms with van der Waals surface area (Å²) in [4.78, 5) is 14.4. The third kappa shape index (κ3) is 3.20. The van der Waals surface area contributed by atoms with E-state index in [0.717, 1.165) is 25.7 Å². The first kappa shape index (κ1) is 15.0. The van der Waals surface area contributed by atoms with E-state index in [4.69, 9.17) is 0 Å². The van der Waals surface area contributed by atoms with Crippen molar-refractivity contribution in [3.05, 3.63) is 35.1 Å². The van der Waals surface area contributed by atoms with Gasteiger partial charge in [0.1, 0.15) is 5.82 Å². The van der Waals surface area contributed by atoms with Gasteiger partial charge in [-0.2, -0.15) is 0 Å². The van der Waals surface area contributed by atoms with Crippen LogP contribution in [0.1, 0.15) is 55.5 Å². The molecular formula is C17H24FNO. The van der Waals surface area contributed by atoms with Crippen LogP contribution in [0.15, 0.2) is 18.2 Å². The standard InChI is InChI=1S/C17H24FNO/c1-12-11-13(18)5-6-15(12)16(20)19(4)14-7-9-17(2,3)10-8-14/h5-6,11,14H,7-10H2,1-4H3. The number of carbonyl (C=O) groups excluding carboxylic acids is 1. The van der Waals surface area contributed by atoms with Crippen molar-refractivity contribution < 1.29 is 9.18 Å². The minimum Gasteiger partial charge on any atom is -0.339 e. The van der Waals surface area contributed by atoms with Gasteiger partial charge in [0, 0.05) is 18.7 Å². The molecular weight excluding hydrogens is 253 g/mol. The van der Waals surface area contributed by atoms with Crippen molar-refractivity contribution in [2.75, 3.05) is 7.05 Å². The largest absolute Gasteiger partial charge is 0.339 e. The number of aryl methyl sites for hydroxylation is 1. The molecule has 1 fully saturated rings. The minimum absolute atomic E-state index is 0.00667. The predicted octanol–water partition coefficient (Wildman–Crippen LogP) is 4.17. The fraction of sp³-hybridized carbons (Fsp3) is 0.588. The summed E-state index contributed by atoms with van der Waals surface area (Å²) in [5, 5.41) is 0. The SMILES string of the molecule is Cc1cc(F)ccc1C(=O)N(C)C1CCC(C)(C)CC1. The van der Waals surface area contributed by atoms with Crippen LogP contribution in [0.3, 0.4) is 0 Å². The Bertz CT molecular complexity index is 500. The van der Waals surface area contributed by atoms with Gasteiger partial charge >= 0.3 is 0 Å². The third-order valence-corrected chi connectivity index (χ3v) is 4.60. The van der Waals surface area contributed by atoms with Gasteiger partial charge in [0.05, 0.1) is 0 Å². The quantitative estimate of drug-likeness (QED) is 0.794. The molecule has 0 N–H and O–H groups in total. The zero-order chi connectivity index (χ0) is 14.9. The molecule has 0 atom stereocenters. The smallest absolute Gasteiger partial charge is 0.254 e. The molecule has 1 aliphatic rings. The third-order valence-electron chi connectivity index (χ3n) is 4.60. The Kier molecular flexibility index (Phi) is 4.17. The molecule has 0 aliphatic heterocycles. The maximum atomic E-state index is 13.1. The molecule has 0 bridgehead atoms. The summed E-state index contributed by atoms with van der Waals surface area (Å²) in [6, 6.07) is 4.68. The molecule has 1 aliphatic carbocycles. The Morgan fingerprint density at radius 1 is 1.30 bits per heavy atom. The van der Waals surface area contributed by atoms with E-state index in [0.29, 0.717) is 22.6 Å². The molecule has 2 nitrogen and oxygen atoms in total. The van der Waals surface area contributed by atoms with Gasteiger partial charge in [-0.25, -0.2) is 4.39 Å². The summed E-state index contributed by atoms with van der Waals surface area (Å²) in [7, 11) is 1.87. The summed E-state index contributed by atoms with van der Waals surface area (Å²) >= 11 is 0. The van der Waals surface area contributed by atoms with Crippen LogP contribution in [0.25, 0.3) is 0 Å². The van der Waals surface area contributed by atoms with Crippen molar-refractivity contribution in [3.63, 3.8) is 0 Å². The first-order valence-electron chi connectivity index (χ1n) is 7.33. The van der Waals surface area contributed by atoms with E-state index in [9.17, 15) is 9.18 Å². The Hall–Kier alpha value is -1.38. The highest BCUT2D eigenvalue weighted by atomic mass is 19.1. The van der Waals surface area contributed by atoms with E-state index in [1.807, 2.05) is 11.9 Å². The normalized spacial score (nSPS) is 18.9. The van der Waals surface area contributed by atoms with Gasteiger partial charge in [0.25, 0.3) is 5.91 Å². The number of benzene rings is 1. The van der Waals surface area contributed by atoms with Crippen LogP contribution in [0.5, 0.6) is 0 Å². The van der Waals surface area contributed by atoms with Crippen molar-refractivity contribution in [3.8, 4) is 0 Å². The highest BCUT2D eigenvalue weighted by Crippen LogP contribution is 2.36. The van der Waals surface area contributed by atoms with E-state index in [1.165, 1.54) is 12.1 Å². The fourth-order valence-corrected chi connectivity index (χ4v) is 2.99. The molecule has 0 radical (unpaired) electrons. The first-order chi connectivity index (χ1) is 9.30. The molecule has 1 aromatic rings. The van der Waals surface area contributed by atoms with Gasteiger partial charge in [-0.1, -0.05) is 13.8 Å². The van der Waals surface area contributed by atoms with E-state index >= 15 is 0 Å². The van der Waals surface area contributed by atoms with Gasteiger partial charge in [0.15, 0.2) is 0 Å². The lowest BCUT2D eigenvalue weighted by atomic mass is 9.75. The number of nitrogens with zero attached hydrogens (tertiary/aromatic N) is 1. The number of halogens is 1. The first-order valence-corrected chi connectivity index (χ1v) is 7.33. The fourth-order valence-electron chi connectivity index (χ4n) is 2.99. The molecule has 1 saturated carbocycles. The number of amides is 1. The Labute approximate surface area is 121 Å². The monoisotopic (exact) mass is 277 g/mol. The van der Waals surface area contributed by atoms with Crippen LogP contribution < -0.4 is 0 Å². The Balaban J connectivity index is 2.09. The molecule has 0 heterocycles. The summed E-state index contributed by atoms with van der Waals surface area (Å²) in [5.74, 6) is -0.284. The lowest BCUT2D eigenvalue weighted by Crippen LogP contribution is -2.41. The van der Waals surface area contributed by atoms with Gasteiger partial charge < -0.3 is 4.90 Å². The molecule has 0 aromatic heterocycles. The van der Waals surface area contributed by atoms with Crippen LogP contribution in [0.2, 0.25) is 0 Å². The highest BCUT2D eigenvalue weighted by molar-refractivity contribution is 5.95. The topological polar surface area (TPSA) is 20.3 Å². The van der Waals surface area contributed by atoms with Crippen molar-refractivity contribution in [2.45, 2.75) is 52.5 Å². The zero-order valence-electron chi connectivity index (χ0n) is 12.9. The second kappa shape index (κ2) is 5.55. The van der Waals surface area contributed by atoms with Crippen molar-refractivity contribution in [1.29, 1.82) is 0 Å². The molecule has 20 heavy (non-hydrogen) atoms. The average molecular weight is 277 g/mol. The maximum Gasteiger partial charge on any atom is 0.254 e. The predicted molar refractivity (Wildman–Crippen MR) is 79.3 cm³/mol. The summed E-state index contributed by atoms with van der Waals surface area (Å²) in [6.45, 7) is 6.36. The number of carbonyl (C=O) groups is 1. The van der Waals surface area contributed by atoms with Crippen molar-refractivity contribution in [2.24, 2.45) is 5.41 Å². The number of hydrogen-bond acceptors (Lipinski definition) is 1. The van der Waals surface area contributed by atoms with Gasteiger partial charge in [-0.05, 0) is 61.8 Å². The highest BCUT2D eigenvalue weighted by Gasteiger charge is 2.31. The van der Waals surface area contributed by atoms with Gasteiger partial charge in [-0.15, -0.1) is 0 Å². The Morgan fingerprint density at radius 3 is 2.45 bits per heavy atom. The van der Waals surface area contributed by atoms with E-state index in [-0.39, 0.29) is 11.7 Å². The van der Waals surface area contributed by atoms with Crippen molar-refractivity contribution >= 4 is 5.91 Å². The van der Waals surface area contributed by atoms with Gasteiger partial charge in [0.2, 0.25) is 0 Å². The molecule has 1 amide bonds. The van der Waals surface area contributed by atoms with Crippen LogP contribution in [-0.2, 0) is 0 Å². The summed E-state index contributed by atoms with van der Waals surface area (Å²) in [5.41, 5.74) is 1.71. The van der Waals surface area contributed by atoms with E-state index in [1.54, 1.807) is 13.0 Å². The van der Waals surface area contributed by atoms with Crippen LogP contribution in [0, 0.1) is 18.2 Å². The average Bonchev–Trinajstić information content (AvgIpc) is 2.37. The summed E-state index contributed by atoms with van der Waals surface area (Å²) < 4.78 is 13.1. The van der Waals surface area contributed by atoms with Crippen molar-refractivity contribution in [1.82, 2.24) is 4.90 Å². The lowest BCUT2D eigenvalue weighted by Gasteiger charge is -2.38. The number of hydrogen-bond donors (Lipinski definition) is 0. The Morgan fingerprint density at radius 2 is 1.90 bits per heavy atom. The minimum atomic E-state index is -0.291. The van der Waals surface area contributed by atoms with Crippen LogP contribution >= 0.6 is 0 Å². The van der Waals surface area contributed by atoms with E-state index < -0.39 is 0 Å². The molecule has 0 spiro atoms. The summed E-state index contributed by atoms with van der Waals surface area (Å²) in [6.07, 6.45) is 4.40. The lowest BCUT2D eigenvalue weighted by molar-refractivity contribution is 0.0634. The number of rotatable bonds is 2. The van der Waals surface area contributed by atoms with Gasteiger partial charge in [-0.3, -0.25) is 4.79 Å². The second-order valence-electron chi connectivity index (χ2n) is 6.77. The molecule has 1 aromatic carbocycles. The molecule has 0 unspecified atom stereocenters. The van der Waals surface area contributed by atoms with Crippen LogP contribution in [0.4, 0.5) is 4.39 Å². The second-order valence-corrected chi connectivity index (χ2v) is 6.77. The molecule has 2 rings (SSSR count). The zero-order valence-corrected chi connectivity index (χ0v) is 12.9. The molecule has 110 valence electrons. The molecule has 0 saturated heterocycles. The maximum absolute atomic E-state index is 13.1. The molecule has 3 heteroatoms.